The van der Waals surface area contributed by atoms with E-state index in [0.717, 1.165) is 50.4 Å². The van der Waals surface area contributed by atoms with Gasteiger partial charge in [0.15, 0.2) is 0 Å². The molecule has 4 rings (SSSR count). The molecule has 0 aliphatic carbocycles. The van der Waals surface area contributed by atoms with Gasteiger partial charge in [-0.25, -0.2) is 0 Å². The lowest BCUT2D eigenvalue weighted by Gasteiger charge is -2.42. The molecule has 2 N–H and O–H groups in total. The van der Waals surface area contributed by atoms with E-state index in [2.05, 4.69) is 15.5 Å². The van der Waals surface area contributed by atoms with E-state index in [1.54, 1.807) is 19.9 Å². The molecule has 3 atom stereocenters. The third-order valence-corrected chi connectivity index (χ3v) is 7.34. The van der Waals surface area contributed by atoms with Crippen LogP contribution in [0.15, 0.2) is 48.5 Å². The minimum absolute atomic E-state index is 0.0282. The zero-order valence-electron chi connectivity index (χ0n) is 21.0. The summed E-state index contributed by atoms with van der Waals surface area (Å²) in [5.74, 6) is 0.0562. The molecular weight excluding hydrogens is 467 g/mol. The third kappa shape index (κ3) is 6.66. The fraction of sp³-hybridized carbons (Fsp3) is 0.536. The number of carbonyl (C=O) groups excluding carboxylic acids is 1. The number of amides is 1. The first-order valence-corrected chi connectivity index (χ1v) is 12.8. The normalized spacial score (nSPS) is 24.0. The molecule has 0 bridgehead atoms. The van der Waals surface area contributed by atoms with Gasteiger partial charge < -0.3 is 15.4 Å². The van der Waals surface area contributed by atoms with E-state index in [4.69, 9.17) is 4.74 Å². The third-order valence-electron chi connectivity index (χ3n) is 7.34. The second-order valence-corrected chi connectivity index (χ2v) is 10.2. The highest BCUT2D eigenvalue weighted by molar-refractivity contribution is 5.78. The average molecular weight is 504 g/mol. The van der Waals surface area contributed by atoms with E-state index in [0.29, 0.717) is 30.8 Å². The van der Waals surface area contributed by atoms with Gasteiger partial charge in [0.1, 0.15) is 0 Å². The molecule has 2 fully saturated rings. The molecule has 2 saturated heterocycles. The smallest absolute Gasteiger partial charge is 0.372 e. The van der Waals surface area contributed by atoms with E-state index in [1.807, 2.05) is 30.3 Å². The first-order chi connectivity index (χ1) is 17.1. The first-order valence-electron chi connectivity index (χ1n) is 12.8. The molecule has 2 heterocycles. The minimum Gasteiger partial charge on any atom is -0.372 e. The predicted molar refractivity (Wildman–Crippen MR) is 134 cm³/mol. The predicted octanol–water partition coefficient (Wildman–Crippen LogP) is 4.95. The average Bonchev–Trinajstić information content (AvgIpc) is 3.36. The zero-order valence-corrected chi connectivity index (χ0v) is 21.0. The van der Waals surface area contributed by atoms with Gasteiger partial charge in [0.2, 0.25) is 5.91 Å². The van der Waals surface area contributed by atoms with E-state index in [-0.39, 0.29) is 11.9 Å². The molecule has 0 aromatic heterocycles. The van der Waals surface area contributed by atoms with Gasteiger partial charge in [-0.3, -0.25) is 9.69 Å². The van der Waals surface area contributed by atoms with Crippen molar-refractivity contribution in [2.75, 3.05) is 32.8 Å². The summed E-state index contributed by atoms with van der Waals surface area (Å²) in [4.78, 5) is 14.7. The van der Waals surface area contributed by atoms with Gasteiger partial charge >= 0.3 is 6.18 Å². The van der Waals surface area contributed by atoms with Gasteiger partial charge in [-0.15, -0.1) is 0 Å². The standard InChI is InChI=1S/C28H36F3N3O2/c1-20-14-22(16-24(15-20)28(29,30)31)21(2)36-19-27(23-8-4-3-5-9-23)11-10-25(17-32-27)33-26(35)18-34-12-6-7-13-34/h3-5,8-9,14-16,21,25,32H,6-7,10-13,17-19H2,1-2H3,(H,33,35)/t21-,25+,27-/m1/s1. The van der Waals surface area contributed by atoms with Crippen molar-refractivity contribution in [3.63, 3.8) is 0 Å². The van der Waals surface area contributed by atoms with Crippen LogP contribution in [0.5, 0.6) is 0 Å². The number of nitrogens with zero attached hydrogens (tertiary/aromatic N) is 1. The van der Waals surface area contributed by atoms with Crippen molar-refractivity contribution >= 4 is 5.91 Å². The highest BCUT2D eigenvalue weighted by Crippen LogP contribution is 2.35. The van der Waals surface area contributed by atoms with Crippen molar-refractivity contribution in [3.8, 4) is 0 Å². The zero-order chi connectivity index (χ0) is 25.8. The van der Waals surface area contributed by atoms with E-state index in [9.17, 15) is 18.0 Å². The Morgan fingerprint density at radius 2 is 1.92 bits per heavy atom. The molecule has 8 heteroatoms. The maximum absolute atomic E-state index is 13.3. The Kier molecular flexibility index (Phi) is 8.37. The minimum atomic E-state index is -4.40. The maximum Gasteiger partial charge on any atom is 0.416 e. The first kappa shape index (κ1) is 26.6. The Hall–Kier alpha value is -2.42. The summed E-state index contributed by atoms with van der Waals surface area (Å²) in [6.07, 6.45) is -1.09. The number of ether oxygens (including phenoxy) is 1. The number of hydrogen-bond acceptors (Lipinski definition) is 4. The number of nitrogens with one attached hydrogen (secondary N) is 2. The molecule has 1 amide bonds. The monoisotopic (exact) mass is 503 g/mol. The maximum atomic E-state index is 13.3. The van der Waals surface area contributed by atoms with Crippen molar-refractivity contribution in [1.82, 2.24) is 15.5 Å². The van der Waals surface area contributed by atoms with E-state index < -0.39 is 23.4 Å². The van der Waals surface area contributed by atoms with Crippen LogP contribution in [0.1, 0.15) is 61.0 Å². The molecule has 0 saturated carbocycles. The Morgan fingerprint density at radius 3 is 2.56 bits per heavy atom. The van der Waals surface area contributed by atoms with Gasteiger partial charge in [0.05, 0.1) is 30.4 Å². The van der Waals surface area contributed by atoms with E-state index in [1.165, 1.54) is 6.07 Å². The Labute approximate surface area is 211 Å². The molecule has 5 nitrogen and oxygen atoms in total. The second-order valence-electron chi connectivity index (χ2n) is 10.2. The largest absolute Gasteiger partial charge is 0.416 e. The number of halogens is 3. The number of hydrogen-bond donors (Lipinski definition) is 2. The van der Waals surface area contributed by atoms with Gasteiger partial charge in [-0.05, 0) is 75.9 Å². The van der Waals surface area contributed by atoms with Crippen LogP contribution in [0.3, 0.4) is 0 Å². The molecule has 0 unspecified atom stereocenters. The number of alkyl halides is 3. The SMILES string of the molecule is Cc1cc([C@@H](C)OC[C@@]2(c3ccccc3)CC[C@H](NC(=O)CN3CCCC3)CN2)cc(C(F)(F)F)c1. The fourth-order valence-electron chi connectivity index (χ4n) is 5.25. The number of benzene rings is 2. The van der Waals surface area contributed by atoms with Crippen LogP contribution in [0, 0.1) is 6.92 Å². The number of carbonyl (C=O) groups is 1. The highest BCUT2D eigenvalue weighted by atomic mass is 19.4. The number of likely N-dealkylation sites (tertiary alicyclic amines) is 1. The van der Waals surface area contributed by atoms with E-state index >= 15 is 0 Å². The number of aryl methyl sites for hydroxylation is 1. The quantitative estimate of drug-likeness (QED) is 0.535. The highest BCUT2D eigenvalue weighted by Gasteiger charge is 2.38. The fourth-order valence-corrected chi connectivity index (χ4v) is 5.25. The van der Waals surface area contributed by atoms with Crippen molar-refractivity contribution in [1.29, 1.82) is 0 Å². The van der Waals surface area contributed by atoms with Crippen molar-refractivity contribution in [2.24, 2.45) is 0 Å². The Bertz CT molecular complexity index is 1010. The molecule has 196 valence electrons. The number of piperidine rings is 1. The summed E-state index contributed by atoms with van der Waals surface area (Å²) in [7, 11) is 0. The van der Waals surface area contributed by atoms with Crippen LogP contribution in [0.25, 0.3) is 0 Å². The van der Waals surface area contributed by atoms with Gasteiger partial charge in [0, 0.05) is 12.6 Å². The molecule has 36 heavy (non-hydrogen) atoms. The van der Waals surface area contributed by atoms with Crippen molar-refractivity contribution in [3.05, 3.63) is 70.8 Å². The van der Waals surface area contributed by atoms with Crippen LogP contribution < -0.4 is 10.6 Å². The second kappa shape index (κ2) is 11.3. The van der Waals surface area contributed by atoms with Crippen LogP contribution in [-0.4, -0.2) is 49.6 Å². The Balaban J connectivity index is 1.42. The van der Waals surface area contributed by atoms with Crippen molar-refractivity contribution in [2.45, 2.75) is 63.4 Å². The summed E-state index contributed by atoms with van der Waals surface area (Å²) in [6, 6.07) is 14.1. The lowest BCUT2D eigenvalue weighted by Crippen LogP contribution is -2.57. The van der Waals surface area contributed by atoms with Gasteiger partial charge in [-0.1, -0.05) is 42.0 Å². The molecular formula is C28H36F3N3O2. The van der Waals surface area contributed by atoms with Gasteiger partial charge in [-0.2, -0.15) is 13.2 Å². The van der Waals surface area contributed by atoms with Gasteiger partial charge in [0.25, 0.3) is 0 Å². The summed E-state index contributed by atoms with van der Waals surface area (Å²) >= 11 is 0. The van der Waals surface area contributed by atoms with Crippen LogP contribution in [-0.2, 0) is 21.2 Å². The number of rotatable bonds is 8. The molecule has 0 radical (unpaired) electrons. The van der Waals surface area contributed by atoms with Crippen LogP contribution >= 0.6 is 0 Å². The topological polar surface area (TPSA) is 53.6 Å². The lowest BCUT2D eigenvalue weighted by molar-refractivity contribution is -0.137. The molecule has 2 aromatic carbocycles. The molecule has 2 aliphatic heterocycles. The van der Waals surface area contributed by atoms with Crippen LogP contribution in [0.4, 0.5) is 13.2 Å². The molecule has 2 aromatic rings. The van der Waals surface area contributed by atoms with Crippen LogP contribution in [0.2, 0.25) is 0 Å². The molecule has 0 spiro atoms. The summed E-state index contributed by atoms with van der Waals surface area (Å²) in [5, 5.41) is 6.78. The summed E-state index contributed by atoms with van der Waals surface area (Å²) in [6.45, 7) is 6.76. The summed E-state index contributed by atoms with van der Waals surface area (Å²) < 4.78 is 46.2. The Morgan fingerprint density at radius 1 is 1.19 bits per heavy atom. The summed E-state index contributed by atoms with van der Waals surface area (Å²) in [5.41, 5.74) is 0.987. The lowest BCUT2D eigenvalue weighted by atomic mass is 9.81. The van der Waals surface area contributed by atoms with Crippen molar-refractivity contribution < 1.29 is 22.7 Å². The molecule has 2 aliphatic rings.